The summed E-state index contributed by atoms with van der Waals surface area (Å²) in [5, 5.41) is 5.40. The summed E-state index contributed by atoms with van der Waals surface area (Å²) in [5.41, 5.74) is 2.13. The fourth-order valence-corrected chi connectivity index (χ4v) is 3.08. The normalized spacial score (nSPS) is 10.9. The van der Waals surface area contributed by atoms with Gasteiger partial charge in [-0.2, -0.15) is 4.98 Å². The monoisotopic (exact) mass is 431 g/mol. The zero-order valence-corrected chi connectivity index (χ0v) is 17.0. The largest absolute Gasteiger partial charge is 0.493 e. The van der Waals surface area contributed by atoms with Crippen LogP contribution in [0.15, 0.2) is 47.0 Å². The van der Waals surface area contributed by atoms with Gasteiger partial charge in [-0.15, -0.1) is 0 Å². The Bertz CT molecular complexity index is 1160. The van der Waals surface area contributed by atoms with Crippen molar-refractivity contribution in [2.75, 3.05) is 14.2 Å². The number of rotatable bonds is 6. The van der Waals surface area contributed by atoms with E-state index in [0.717, 1.165) is 5.56 Å². The first kappa shape index (κ1) is 19.3. The first-order valence-electron chi connectivity index (χ1n) is 8.51. The molecule has 0 saturated carbocycles. The Labute approximate surface area is 176 Å². The van der Waals surface area contributed by atoms with Crippen molar-refractivity contribution in [1.29, 1.82) is 0 Å². The molecule has 0 spiro atoms. The lowest BCUT2D eigenvalue weighted by Crippen LogP contribution is -2.00. The second-order valence-electron chi connectivity index (χ2n) is 6.00. The average molecular weight is 432 g/mol. The number of methoxy groups -OCH3 is 2. The molecule has 29 heavy (non-hydrogen) atoms. The van der Waals surface area contributed by atoms with Gasteiger partial charge < -0.3 is 18.7 Å². The molecule has 4 rings (SSSR count). The van der Waals surface area contributed by atoms with Crippen molar-refractivity contribution in [2.45, 2.75) is 6.61 Å². The summed E-state index contributed by atoms with van der Waals surface area (Å²) in [7, 11) is 3.10. The summed E-state index contributed by atoms with van der Waals surface area (Å²) in [6.45, 7) is 0.109. The molecule has 0 N–H and O–H groups in total. The van der Waals surface area contributed by atoms with Crippen LogP contribution in [0.1, 0.15) is 5.76 Å². The third-order valence-electron chi connectivity index (χ3n) is 4.19. The van der Waals surface area contributed by atoms with Crippen molar-refractivity contribution >= 4 is 34.1 Å². The predicted molar refractivity (Wildman–Crippen MR) is 109 cm³/mol. The highest BCUT2D eigenvalue weighted by Gasteiger charge is 2.15. The van der Waals surface area contributed by atoms with Gasteiger partial charge >= 0.3 is 0 Å². The molecule has 9 heteroatoms. The van der Waals surface area contributed by atoms with E-state index in [1.807, 2.05) is 12.1 Å². The van der Waals surface area contributed by atoms with Crippen LogP contribution in [0, 0.1) is 0 Å². The lowest BCUT2D eigenvalue weighted by atomic mass is 10.1. The number of ether oxygens (including phenoxy) is 3. The van der Waals surface area contributed by atoms with Crippen LogP contribution in [0.5, 0.6) is 17.4 Å². The molecule has 0 aliphatic carbocycles. The molecule has 0 radical (unpaired) electrons. The van der Waals surface area contributed by atoms with Crippen LogP contribution < -0.4 is 14.2 Å². The Kier molecular flexibility index (Phi) is 5.42. The fourth-order valence-electron chi connectivity index (χ4n) is 2.79. The van der Waals surface area contributed by atoms with E-state index in [-0.39, 0.29) is 11.9 Å². The minimum Gasteiger partial charge on any atom is -0.493 e. The van der Waals surface area contributed by atoms with Crippen LogP contribution in [0.4, 0.5) is 0 Å². The highest BCUT2D eigenvalue weighted by molar-refractivity contribution is 6.30. The van der Waals surface area contributed by atoms with Crippen LogP contribution in [-0.2, 0) is 6.61 Å². The van der Waals surface area contributed by atoms with E-state index in [0.29, 0.717) is 44.8 Å². The third-order valence-corrected chi connectivity index (χ3v) is 4.61. The van der Waals surface area contributed by atoms with E-state index in [2.05, 4.69) is 15.1 Å². The molecule has 148 valence electrons. The number of hydrogen-bond acceptors (Lipinski definition) is 7. The van der Waals surface area contributed by atoms with Crippen LogP contribution in [0.3, 0.4) is 0 Å². The van der Waals surface area contributed by atoms with Gasteiger partial charge in [0.1, 0.15) is 5.69 Å². The van der Waals surface area contributed by atoms with Crippen molar-refractivity contribution in [2.24, 2.45) is 0 Å². The molecular formula is C20H15Cl2N3O4. The van der Waals surface area contributed by atoms with Crippen LogP contribution in [0.2, 0.25) is 10.3 Å². The molecule has 0 aliphatic rings. The maximum Gasteiger partial charge on any atom is 0.226 e. The van der Waals surface area contributed by atoms with Crippen molar-refractivity contribution < 1.29 is 18.7 Å². The van der Waals surface area contributed by atoms with Crippen LogP contribution in [0.25, 0.3) is 22.2 Å². The van der Waals surface area contributed by atoms with E-state index in [1.165, 1.54) is 0 Å². The molecular weight excluding hydrogens is 417 g/mol. The quantitative estimate of drug-likeness (QED) is 0.388. The molecule has 2 aromatic carbocycles. The van der Waals surface area contributed by atoms with Gasteiger partial charge in [-0.25, -0.2) is 4.98 Å². The lowest BCUT2D eigenvalue weighted by Gasteiger charge is -2.11. The van der Waals surface area contributed by atoms with E-state index < -0.39 is 0 Å². The van der Waals surface area contributed by atoms with E-state index in [4.69, 9.17) is 41.9 Å². The molecule has 0 amide bonds. The summed E-state index contributed by atoms with van der Waals surface area (Å²) in [6.07, 6.45) is 0. The molecule has 0 aliphatic heterocycles. The molecule has 0 unspecified atom stereocenters. The number of nitrogens with zero attached hydrogens (tertiary/aromatic N) is 3. The molecule has 0 saturated heterocycles. The molecule has 2 aromatic heterocycles. The van der Waals surface area contributed by atoms with Gasteiger partial charge in [0.25, 0.3) is 0 Å². The molecule has 0 atom stereocenters. The van der Waals surface area contributed by atoms with Gasteiger partial charge in [-0.3, -0.25) is 0 Å². The highest BCUT2D eigenvalue weighted by atomic mass is 35.5. The summed E-state index contributed by atoms with van der Waals surface area (Å²) < 4.78 is 21.9. The minimum atomic E-state index is 0.0548. The SMILES string of the molecule is COc1cc2nc(Cl)nc(OCc3cc(-c4ccc(Cl)cc4)no3)c2cc1OC. The Morgan fingerprint density at radius 2 is 1.66 bits per heavy atom. The van der Waals surface area contributed by atoms with E-state index >= 15 is 0 Å². The summed E-state index contributed by atoms with van der Waals surface area (Å²) in [4.78, 5) is 8.40. The fraction of sp³-hybridized carbons (Fsp3) is 0.150. The summed E-state index contributed by atoms with van der Waals surface area (Å²) in [5.74, 6) is 1.88. The van der Waals surface area contributed by atoms with Crippen LogP contribution in [-0.4, -0.2) is 29.3 Å². The zero-order chi connectivity index (χ0) is 20.4. The summed E-state index contributed by atoms with van der Waals surface area (Å²) >= 11 is 12.0. The van der Waals surface area contributed by atoms with Gasteiger partial charge in [0.15, 0.2) is 23.9 Å². The van der Waals surface area contributed by atoms with Crippen molar-refractivity contribution in [3.8, 4) is 28.6 Å². The maximum absolute atomic E-state index is 6.05. The first-order valence-corrected chi connectivity index (χ1v) is 9.26. The first-order chi connectivity index (χ1) is 14.1. The van der Waals surface area contributed by atoms with Crippen LogP contribution >= 0.6 is 23.2 Å². The van der Waals surface area contributed by atoms with Gasteiger partial charge in [-0.05, 0) is 29.8 Å². The standard InChI is InChI=1S/C20H15Cl2N3O4/c1-26-17-8-14-16(9-18(17)27-2)23-20(22)24-19(14)28-10-13-7-15(25-29-13)11-3-5-12(21)6-4-11/h3-9H,10H2,1-2H3. The van der Waals surface area contributed by atoms with E-state index in [1.54, 1.807) is 44.6 Å². The smallest absolute Gasteiger partial charge is 0.226 e. The average Bonchev–Trinajstić information content (AvgIpc) is 3.20. The van der Waals surface area contributed by atoms with E-state index in [9.17, 15) is 0 Å². The number of fused-ring (bicyclic) bond motifs is 1. The summed E-state index contributed by atoms with van der Waals surface area (Å²) in [6, 6.07) is 12.5. The topological polar surface area (TPSA) is 79.5 Å². The molecule has 7 nitrogen and oxygen atoms in total. The van der Waals surface area contributed by atoms with Gasteiger partial charge in [0, 0.05) is 22.7 Å². The van der Waals surface area contributed by atoms with Gasteiger partial charge in [-0.1, -0.05) is 28.9 Å². The number of halogens is 2. The van der Waals surface area contributed by atoms with Gasteiger partial charge in [0.05, 0.1) is 25.1 Å². The Morgan fingerprint density at radius 1 is 0.931 bits per heavy atom. The Balaban J connectivity index is 1.60. The number of hydrogen-bond donors (Lipinski definition) is 0. The van der Waals surface area contributed by atoms with Crippen molar-refractivity contribution in [1.82, 2.24) is 15.1 Å². The minimum absolute atomic E-state index is 0.0548. The molecule has 0 fully saturated rings. The van der Waals surface area contributed by atoms with Crippen molar-refractivity contribution in [3.63, 3.8) is 0 Å². The third kappa shape index (κ3) is 4.06. The molecule has 0 bridgehead atoms. The Hall–Kier alpha value is -3.03. The lowest BCUT2D eigenvalue weighted by molar-refractivity contribution is 0.244. The number of aromatic nitrogens is 3. The maximum atomic E-state index is 6.05. The number of benzene rings is 2. The predicted octanol–water partition coefficient (Wildman–Crippen LogP) is 5.19. The molecule has 2 heterocycles. The van der Waals surface area contributed by atoms with Gasteiger partial charge in [0.2, 0.25) is 11.2 Å². The zero-order valence-electron chi connectivity index (χ0n) is 15.5. The van der Waals surface area contributed by atoms with Crippen molar-refractivity contribution in [3.05, 3.63) is 58.5 Å². The second kappa shape index (κ2) is 8.14. The molecule has 4 aromatic rings. The Morgan fingerprint density at radius 3 is 2.38 bits per heavy atom. The second-order valence-corrected chi connectivity index (χ2v) is 6.77. The highest BCUT2D eigenvalue weighted by Crippen LogP contribution is 2.35.